The molecule has 1 fully saturated rings. The second-order valence-electron chi connectivity index (χ2n) is 8.21. The number of rotatable bonds is 4. The van der Waals surface area contributed by atoms with Crippen molar-refractivity contribution in [3.05, 3.63) is 70.7 Å². The minimum absolute atomic E-state index is 0.279. The normalized spacial score (nSPS) is 16.8. The third-order valence-electron chi connectivity index (χ3n) is 5.28. The molecule has 12 heteroatoms. The number of hydrogen-bond acceptors (Lipinski definition) is 5. The molecule has 0 aromatic heterocycles. The number of thioether (sulfide) groups is 1. The first-order chi connectivity index (χ1) is 16.6. The van der Waals surface area contributed by atoms with Gasteiger partial charge in [-0.3, -0.25) is 5.21 Å². The average Bonchev–Trinajstić information content (AvgIpc) is 3.03. The maximum absolute atomic E-state index is 13.1. The van der Waals surface area contributed by atoms with Gasteiger partial charge in [-0.1, -0.05) is 83.6 Å². The van der Waals surface area contributed by atoms with E-state index in [0.717, 1.165) is 10.8 Å². The lowest BCUT2D eigenvalue weighted by atomic mass is 10.1. The van der Waals surface area contributed by atoms with E-state index in [1.807, 2.05) is 50.2 Å². The van der Waals surface area contributed by atoms with Crippen molar-refractivity contribution in [2.75, 3.05) is 10.6 Å². The fourth-order valence-electron chi connectivity index (χ4n) is 3.71. The number of anilines is 2. The van der Waals surface area contributed by atoms with Crippen LogP contribution in [0.1, 0.15) is 13.8 Å². The van der Waals surface area contributed by atoms with E-state index in [-0.39, 0.29) is 9.34 Å². The molecule has 0 spiro atoms. The number of hydrazine groups is 1. The smallest absolute Gasteiger partial charge is 0.307 e. The van der Waals surface area contributed by atoms with Gasteiger partial charge in [0, 0.05) is 11.1 Å². The predicted molar refractivity (Wildman–Crippen MR) is 145 cm³/mol. The van der Waals surface area contributed by atoms with Crippen LogP contribution in [0.4, 0.5) is 21.0 Å². The van der Waals surface area contributed by atoms with Gasteiger partial charge in [0.25, 0.3) is 0 Å². The molecule has 1 atom stereocenters. The standard InChI is InChI=1S/C23H21Cl2N5O3S2/c1-23(2)19(30(33)21(32)27-18-9-5-7-13-6-3-4-8-15(13)18)29(22(34)35-23)28-20(31)26-14-10-11-16(24)17(25)12-14/h3-12,19,33H,1-2H3,(H,27,32)(H2,26,28,31)/t19-/m1/s1. The van der Waals surface area contributed by atoms with Crippen molar-refractivity contribution in [3.8, 4) is 0 Å². The first kappa shape index (κ1) is 25.3. The highest BCUT2D eigenvalue weighted by Gasteiger charge is 2.50. The Bertz CT molecular complexity index is 1320. The highest BCUT2D eigenvalue weighted by atomic mass is 35.5. The van der Waals surface area contributed by atoms with Crippen LogP contribution in [0.3, 0.4) is 0 Å². The van der Waals surface area contributed by atoms with Crippen LogP contribution in [0.5, 0.6) is 0 Å². The fourth-order valence-corrected chi connectivity index (χ4v) is 5.80. The molecule has 3 aromatic carbocycles. The van der Waals surface area contributed by atoms with Crippen LogP contribution in [0.2, 0.25) is 10.0 Å². The van der Waals surface area contributed by atoms with Crippen molar-refractivity contribution >= 4 is 85.7 Å². The number of hydroxylamine groups is 2. The zero-order chi connectivity index (χ0) is 25.3. The zero-order valence-electron chi connectivity index (χ0n) is 18.6. The van der Waals surface area contributed by atoms with Gasteiger partial charge in [0.05, 0.1) is 20.5 Å². The summed E-state index contributed by atoms with van der Waals surface area (Å²) in [4.78, 5) is 25.7. The summed E-state index contributed by atoms with van der Waals surface area (Å²) >= 11 is 18.6. The molecule has 8 nitrogen and oxygen atoms in total. The molecule has 4 N–H and O–H groups in total. The summed E-state index contributed by atoms with van der Waals surface area (Å²) in [6, 6.07) is 16.3. The van der Waals surface area contributed by atoms with Crippen LogP contribution >= 0.6 is 47.2 Å². The lowest BCUT2D eigenvalue weighted by molar-refractivity contribution is -0.120. The Kier molecular flexibility index (Phi) is 7.30. The Labute approximate surface area is 221 Å². The summed E-state index contributed by atoms with van der Waals surface area (Å²) in [5.74, 6) is 0. The molecule has 3 aromatic rings. The summed E-state index contributed by atoms with van der Waals surface area (Å²) in [5.41, 5.74) is 3.55. The molecule has 182 valence electrons. The minimum atomic E-state index is -1.01. The number of hydrogen-bond donors (Lipinski definition) is 4. The fraction of sp³-hybridized carbons (Fsp3) is 0.174. The van der Waals surface area contributed by atoms with Crippen LogP contribution in [-0.4, -0.2) is 42.6 Å². The highest BCUT2D eigenvalue weighted by Crippen LogP contribution is 2.41. The van der Waals surface area contributed by atoms with Crippen molar-refractivity contribution in [1.29, 1.82) is 0 Å². The summed E-state index contributed by atoms with van der Waals surface area (Å²) in [6.45, 7) is 3.61. The molecular weight excluding hydrogens is 529 g/mol. The van der Waals surface area contributed by atoms with Gasteiger partial charge in [-0.25, -0.2) is 20.0 Å². The summed E-state index contributed by atoms with van der Waals surface area (Å²) in [5, 5.41) is 20.5. The van der Waals surface area contributed by atoms with Gasteiger partial charge in [-0.05, 0) is 43.5 Å². The largest absolute Gasteiger partial charge is 0.347 e. The monoisotopic (exact) mass is 549 g/mol. The number of carbonyl (C=O) groups is 2. The summed E-state index contributed by atoms with van der Waals surface area (Å²) in [7, 11) is 0. The summed E-state index contributed by atoms with van der Waals surface area (Å²) < 4.78 is -0.472. The van der Waals surface area contributed by atoms with Gasteiger partial charge in [0.2, 0.25) is 0 Å². The molecular formula is C23H21Cl2N5O3S2. The number of nitrogens with zero attached hydrogens (tertiary/aromatic N) is 2. The molecule has 1 aliphatic heterocycles. The number of nitrogens with one attached hydrogen (secondary N) is 3. The Morgan fingerprint density at radius 1 is 1.06 bits per heavy atom. The van der Waals surface area contributed by atoms with Gasteiger partial charge in [0.15, 0.2) is 10.5 Å². The van der Waals surface area contributed by atoms with Crippen LogP contribution in [0.15, 0.2) is 60.7 Å². The SMILES string of the molecule is CC1(C)SC(=S)N(NC(=O)Nc2ccc(Cl)c(Cl)c2)[C@@H]1N(O)C(=O)Nc1cccc2ccccc12. The highest BCUT2D eigenvalue weighted by molar-refractivity contribution is 8.24. The molecule has 0 bridgehead atoms. The van der Waals surface area contributed by atoms with Gasteiger partial charge < -0.3 is 10.6 Å². The third-order valence-corrected chi connectivity index (χ3v) is 7.58. The van der Waals surface area contributed by atoms with E-state index in [9.17, 15) is 14.8 Å². The first-order valence-corrected chi connectivity index (χ1v) is 12.4. The van der Waals surface area contributed by atoms with Gasteiger partial charge in [-0.15, -0.1) is 0 Å². The average molecular weight is 550 g/mol. The molecule has 1 aliphatic rings. The van der Waals surface area contributed by atoms with E-state index in [0.29, 0.717) is 21.5 Å². The zero-order valence-corrected chi connectivity index (χ0v) is 21.7. The third kappa shape index (κ3) is 5.41. The second kappa shape index (κ2) is 10.1. The number of amides is 4. The van der Waals surface area contributed by atoms with Gasteiger partial charge in [-0.2, -0.15) is 5.06 Å². The van der Waals surface area contributed by atoms with Crippen molar-refractivity contribution in [2.45, 2.75) is 24.8 Å². The molecule has 0 unspecified atom stereocenters. The van der Waals surface area contributed by atoms with E-state index < -0.39 is 23.0 Å². The number of benzene rings is 3. The molecule has 0 radical (unpaired) electrons. The second-order valence-corrected chi connectivity index (χ2v) is 11.3. The van der Waals surface area contributed by atoms with Crippen LogP contribution in [0.25, 0.3) is 10.8 Å². The van der Waals surface area contributed by atoms with Crippen molar-refractivity contribution in [2.24, 2.45) is 0 Å². The summed E-state index contributed by atoms with van der Waals surface area (Å²) in [6.07, 6.45) is -1.01. The maximum Gasteiger partial charge on any atom is 0.347 e. The topological polar surface area (TPSA) is 96.9 Å². The molecule has 0 saturated carbocycles. The van der Waals surface area contributed by atoms with Crippen LogP contribution in [-0.2, 0) is 0 Å². The minimum Gasteiger partial charge on any atom is -0.307 e. The van der Waals surface area contributed by atoms with E-state index in [1.54, 1.807) is 18.2 Å². The number of urea groups is 2. The Balaban J connectivity index is 1.52. The number of fused-ring (bicyclic) bond motifs is 1. The first-order valence-electron chi connectivity index (χ1n) is 10.4. The quantitative estimate of drug-likeness (QED) is 0.167. The lowest BCUT2D eigenvalue weighted by Gasteiger charge is -2.36. The van der Waals surface area contributed by atoms with Crippen molar-refractivity contribution in [1.82, 2.24) is 15.5 Å². The van der Waals surface area contributed by atoms with Crippen LogP contribution in [0, 0.1) is 0 Å². The molecule has 0 aliphatic carbocycles. The van der Waals surface area contributed by atoms with Crippen LogP contribution < -0.4 is 16.1 Å². The Morgan fingerprint density at radius 3 is 2.51 bits per heavy atom. The van der Waals surface area contributed by atoms with E-state index in [1.165, 1.54) is 22.8 Å². The Morgan fingerprint density at radius 2 is 1.77 bits per heavy atom. The van der Waals surface area contributed by atoms with E-state index >= 15 is 0 Å². The lowest BCUT2D eigenvalue weighted by Crippen LogP contribution is -2.60. The predicted octanol–water partition coefficient (Wildman–Crippen LogP) is 6.54. The molecule has 1 saturated heterocycles. The van der Waals surface area contributed by atoms with Crippen molar-refractivity contribution in [3.63, 3.8) is 0 Å². The molecule has 4 rings (SSSR count). The number of thiocarbonyl (C=S) groups is 1. The van der Waals surface area contributed by atoms with E-state index in [2.05, 4.69) is 16.1 Å². The van der Waals surface area contributed by atoms with Gasteiger partial charge >= 0.3 is 12.1 Å². The molecule has 1 heterocycles. The number of carbonyl (C=O) groups excluding carboxylic acids is 2. The van der Waals surface area contributed by atoms with E-state index in [4.69, 9.17) is 35.4 Å². The molecule has 4 amide bonds. The number of halogens is 2. The molecule has 35 heavy (non-hydrogen) atoms. The van der Waals surface area contributed by atoms with Gasteiger partial charge in [0.1, 0.15) is 0 Å². The maximum atomic E-state index is 13.1. The van der Waals surface area contributed by atoms with Crippen molar-refractivity contribution < 1.29 is 14.8 Å². The Hall–Kier alpha value is -2.76.